The third-order valence-electron chi connectivity index (χ3n) is 6.46. The molecular weight excluding hydrogens is 471 g/mol. The Bertz CT molecular complexity index is 1440. The van der Waals surface area contributed by atoms with E-state index in [1.165, 1.54) is 6.07 Å². The molecule has 0 unspecified atom stereocenters. The van der Waals surface area contributed by atoms with Crippen LogP contribution < -0.4 is 15.1 Å². The van der Waals surface area contributed by atoms with Crippen LogP contribution in [0.2, 0.25) is 0 Å². The maximum atomic E-state index is 13.5. The van der Waals surface area contributed by atoms with Crippen molar-refractivity contribution in [2.24, 2.45) is 0 Å². The van der Waals surface area contributed by atoms with Gasteiger partial charge in [0.1, 0.15) is 5.82 Å². The second kappa shape index (κ2) is 8.40. The largest absolute Gasteiger partial charge is 0.472 e. The van der Waals surface area contributed by atoms with Crippen LogP contribution in [0.1, 0.15) is 12.0 Å². The molecule has 1 fully saturated rings. The van der Waals surface area contributed by atoms with Gasteiger partial charge in [-0.25, -0.2) is 14.8 Å². The molecule has 4 aromatic rings. The number of fused-ring (bicyclic) bond motifs is 4. The summed E-state index contributed by atoms with van der Waals surface area (Å²) in [5.41, 5.74) is 2.15. The van der Waals surface area contributed by atoms with Crippen LogP contribution in [-0.2, 0) is 6.18 Å². The van der Waals surface area contributed by atoms with Gasteiger partial charge in [0.2, 0.25) is 0 Å². The molecule has 7 nitrogen and oxygen atoms in total. The number of furan rings is 1. The number of carbonyl (C=O) groups excluding carboxylic acids is 1. The zero-order valence-corrected chi connectivity index (χ0v) is 18.9. The van der Waals surface area contributed by atoms with Crippen LogP contribution in [-0.4, -0.2) is 35.1 Å². The number of urea groups is 1. The van der Waals surface area contributed by atoms with Gasteiger partial charge in [-0.15, -0.1) is 0 Å². The molecule has 5 heterocycles. The predicted molar refractivity (Wildman–Crippen MR) is 129 cm³/mol. The van der Waals surface area contributed by atoms with E-state index in [1.54, 1.807) is 47.8 Å². The number of halogens is 3. The highest BCUT2D eigenvalue weighted by molar-refractivity contribution is 6.04. The monoisotopic (exact) mass is 491 g/mol. The van der Waals surface area contributed by atoms with Crippen molar-refractivity contribution in [1.29, 1.82) is 0 Å². The van der Waals surface area contributed by atoms with Gasteiger partial charge in [-0.1, -0.05) is 18.2 Å². The number of hydrogen-bond acceptors (Lipinski definition) is 5. The summed E-state index contributed by atoms with van der Waals surface area (Å²) in [6.07, 6.45) is -0.586. The van der Waals surface area contributed by atoms with Crippen molar-refractivity contribution < 1.29 is 22.4 Å². The first kappa shape index (κ1) is 22.1. The highest BCUT2D eigenvalue weighted by atomic mass is 19.4. The fourth-order valence-electron chi connectivity index (χ4n) is 4.73. The minimum atomic E-state index is -4.46. The topological polar surface area (TPSA) is 74.5 Å². The number of aromatic nitrogens is 2. The van der Waals surface area contributed by atoms with Crippen LogP contribution in [0.25, 0.3) is 22.5 Å². The summed E-state index contributed by atoms with van der Waals surface area (Å²) in [4.78, 5) is 26.4. The number of amides is 2. The standard InChI is InChI=1S/C26H20F3N5O2/c27-26(28,29)18-4-1-3-16(13-18)21-7-8-22-24(31-21)34(19-9-11-33(22)14-19)25(35)32-23-6-2-5-20(30-23)17-10-12-36-15-17/h1-8,10,12-13,15,19H,9,11,14H2,(H,30,32,35)/t19-/m0/s1. The minimum Gasteiger partial charge on any atom is -0.472 e. The Hall–Kier alpha value is -4.34. The second-order valence-corrected chi connectivity index (χ2v) is 8.73. The molecule has 10 heteroatoms. The molecule has 0 saturated carbocycles. The lowest BCUT2D eigenvalue weighted by molar-refractivity contribution is -0.137. The smallest absolute Gasteiger partial charge is 0.416 e. The number of alkyl halides is 3. The van der Waals surface area contributed by atoms with Crippen molar-refractivity contribution in [3.05, 3.63) is 78.8 Å². The van der Waals surface area contributed by atoms with Gasteiger partial charge in [-0.05, 0) is 48.9 Å². The zero-order chi connectivity index (χ0) is 24.9. The Morgan fingerprint density at radius 1 is 1.00 bits per heavy atom. The summed E-state index contributed by atoms with van der Waals surface area (Å²) in [6.45, 7) is 1.42. The summed E-state index contributed by atoms with van der Waals surface area (Å²) in [7, 11) is 0. The summed E-state index contributed by atoms with van der Waals surface area (Å²) in [6, 6.07) is 15.1. The van der Waals surface area contributed by atoms with E-state index < -0.39 is 17.8 Å². The molecule has 36 heavy (non-hydrogen) atoms. The molecule has 0 aliphatic carbocycles. The van der Waals surface area contributed by atoms with E-state index in [-0.39, 0.29) is 6.04 Å². The van der Waals surface area contributed by atoms with Crippen LogP contribution in [0.4, 0.5) is 35.3 Å². The van der Waals surface area contributed by atoms with E-state index >= 15 is 0 Å². The third-order valence-corrected chi connectivity index (χ3v) is 6.46. The highest BCUT2D eigenvalue weighted by Gasteiger charge is 2.40. The minimum absolute atomic E-state index is 0.112. The quantitative estimate of drug-likeness (QED) is 0.378. The molecular formula is C26H20F3N5O2. The van der Waals surface area contributed by atoms with Crippen molar-refractivity contribution in [1.82, 2.24) is 9.97 Å². The Morgan fingerprint density at radius 3 is 2.64 bits per heavy atom. The summed E-state index contributed by atoms with van der Waals surface area (Å²) >= 11 is 0. The maximum Gasteiger partial charge on any atom is 0.416 e. The zero-order valence-electron chi connectivity index (χ0n) is 18.9. The molecule has 2 amide bonds. The number of carbonyl (C=O) groups is 1. The molecule has 1 atom stereocenters. The first-order chi connectivity index (χ1) is 17.4. The van der Waals surface area contributed by atoms with Crippen LogP contribution in [0, 0.1) is 0 Å². The number of anilines is 3. The van der Waals surface area contributed by atoms with E-state index in [0.717, 1.165) is 36.3 Å². The summed E-state index contributed by atoms with van der Waals surface area (Å²) in [5.74, 6) is 0.789. The Labute approximate surface area is 204 Å². The van der Waals surface area contributed by atoms with E-state index in [0.29, 0.717) is 35.1 Å². The lowest BCUT2D eigenvalue weighted by Gasteiger charge is -2.35. The van der Waals surface area contributed by atoms with E-state index in [4.69, 9.17) is 4.42 Å². The molecule has 2 bridgehead atoms. The van der Waals surface area contributed by atoms with Gasteiger partial charge >= 0.3 is 12.2 Å². The number of rotatable bonds is 3. The SMILES string of the molecule is O=C(Nc1cccc(-c2ccoc2)n1)N1c2nc(-c3cccc(C(F)(F)F)c3)ccc2N2CC[C@H]1C2. The number of benzene rings is 1. The van der Waals surface area contributed by atoms with Gasteiger partial charge in [0.25, 0.3) is 0 Å². The number of nitrogens with zero attached hydrogens (tertiary/aromatic N) is 4. The first-order valence-corrected chi connectivity index (χ1v) is 11.4. The van der Waals surface area contributed by atoms with Gasteiger partial charge in [0.05, 0.1) is 41.2 Å². The molecule has 6 rings (SSSR count). The number of hydrogen-bond donors (Lipinski definition) is 1. The average Bonchev–Trinajstić information content (AvgIpc) is 3.55. The molecule has 3 aromatic heterocycles. The molecule has 0 spiro atoms. The highest BCUT2D eigenvalue weighted by Crippen LogP contribution is 2.41. The summed E-state index contributed by atoms with van der Waals surface area (Å²) < 4.78 is 44.9. The van der Waals surface area contributed by atoms with Crippen molar-refractivity contribution in [2.75, 3.05) is 28.2 Å². The molecule has 1 saturated heterocycles. The van der Waals surface area contributed by atoms with Crippen LogP contribution in [0.3, 0.4) is 0 Å². The average molecular weight is 491 g/mol. The van der Waals surface area contributed by atoms with E-state index in [2.05, 4.69) is 20.2 Å². The van der Waals surface area contributed by atoms with Crippen molar-refractivity contribution >= 4 is 23.4 Å². The van der Waals surface area contributed by atoms with E-state index in [1.807, 2.05) is 12.1 Å². The summed E-state index contributed by atoms with van der Waals surface area (Å²) in [5, 5.41) is 2.86. The fourth-order valence-corrected chi connectivity index (χ4v) is 4.73. The fraction of sp³-hybridized carbons (Fsp3) is 0.192. The Morgan fingerprint density at radius 2 is 1.83 bits per heavy atom. The molecule has 0 radical (unpaired) electrons. The van der Waals surface area contributed by atoms with Gasteiger partial charge in [-0.2, -0.15) is 13.2 Å². The van der Waals surface area contributed by atoms with Crippen molar-refractivity contribution in [3.63, 3.8) is 0 Å². The lowest BCUT2D eigenvalue weighted by atomic mass is 10.1. The molecule has 2 aliphatic heterocycles. The van der Waals surface area contributed by atoms with Crippen LogP contribution in [0.5, 0.6) is 0 Å². The van der Waals surface area contributed by atoms with Gasteiger partial charge in [0, 0.05) is 24.2 Å². The van der Waals surface area contributed by atoms with Crippen molar-refractivity contribution in [3.8, 4) is 22.5 Å². The number of pyridine rings is 2. The lowest BCUT2D eigenvalue weighted by Crippen LogP contribution is -2.48. The molecule has 1 N–H and O–H groups in total. The molecule has 182 valence electrons. The van der Waals surface area contributed by atoms with Gasteiger partial charge < -0.3 is 9.32 Å². The number of nitrogens with one attached hydrogen (secondary N) is 1. The Kier molecular flexibility index (Phi) is 5.17. The van der Waals surface area contributed by atoms with Crippen LogP contribution >= 0.6 is 0 Å². The Balaban J connectivity index is 1.34. The molecule has 1 aromatic carbocycles. The third kappa shape index (κ3) is 3.94. The first-order valence-electron chi connectivity index (χ1n) is 11.4. The van der Waals surface area contributed by atoms with Gasteiger partial charge in [0.15, 0.2) is 5.82 Å². The van der Waals surface area contributed by atoms with Gasteiger partial charge in [-0.3, -0.25) is 10.2 Å². The van der Waals surface area contributed by atoms with Crippen LogP contribution in [0.15, 0.2) is 77.6 Å². The maximum absolute atomic E-state index is 13.5. The predicted octanol–water partition coefficient (Wildman–Crippen LogP) is 6.05. The normalized spacial score (nSPS) is 16.7. The second-order valence-electron chi connectivity index (χ2n) is 8.73. The molecule has 2 aliphatic rings. The van der Waals surface area contributed by atoms with E-state index in [9.17, 15) is 18.0 Å². The van der Waals surface area contributed by atoms with Crippen molar-refractivity contribution in [2.45, 2.75) is 18.6 Å².